The van der Waals surface area contributed by atoms with E-state index in [4.69, 9.17) is 4.52 Å². The Morgan fingerprint density at radius 1 is 1.38 bits per heavy atom. The van der Waals surface area contributed by atoms with E-state index in [1.807, 2.05) is 13.8 Å². The summed E-state index contributed by atoms with van der Waals surface area (Å²) in [6.07, 6.45) is 4.08. The lowest BCUT2D eigenvalue weighted by molar-refractivity contribution is 0.103. The van der Waals surface area contributed by atoms with E-state index in [2.05, 4.69) is 25.8 Å². The van der Waals surface area contributed by atoms with Crippen LogP contribution in [0.15, 0.2) is 33.4 Å². The van der Waals surface area contributed by atoms with Gasteiger partial charge in [0.15, 0.2) is 11.5 Å². The number of aromatic nitrogens is 1. The highest BCUT2D eigenvalue weighted by Crippen LogP contribution is 2.42. The predicted octanol–water partition coefficient (Wildman–Crippen LogP) is 3.76. The molecule has 0 radical (unpaired) electrons. The maximum absolute atomic E-state index is 13.0. The highest BCUT2D eigenvalue weighted by Gasteiger charge is 2.33. The number of rotatable bonds is 8. The van der Waals surface area contributed by atoms with Crippen LogP contribution in [-0.2, 0) is 15.8 Å². The van der Waals surface area contributed by atoms with Gasteiger partial charge in [-0.15, -0.1) is 0 Å². The first-order valence-electron chi connectivity index (χ1n) is 8.58. The number of hydrogen-bond donors (Lipinski definition) is 1. The van der Waals surface area contributed by atoms with Crippen LogP contribution in [0.25, 0.3) is 0 Å². The molecule has 3 rings (SSSR count). The number of sulfonamides is 1. The van der Waals surface area contributed by atoms with Gasteiger partial charge < -0.3 is 4.52 Å². The summed E-state index contributed by atoms with van der Waals surface area (Å²) in [6.45, 7) is 3.72. The summed E-state index contributed by atoms with van der Waals surface area (Å²) in [5.74, 6) is 0.326. The second kappa shape index (κ2) is 7.62. The Morgan fingerprint density at radius 2 is 2.12 bits per heavy atom. The molecular weight excluding hydrogens is 420 g/mol. The third kappa shape index (κ3) is 4.42. The molecule has 1 atom stereocenters. The minimum absolute atomic E-state index is 0.161. The second-order valence-electron chi connectivity index (χ2n) is 6.69. The standard InChI is InChI=1S/C18H21BrN2O4S/c1-3-11(2)21-26(23,24)10-13-8-14(19)6-7-15(13)17(22)16-9-20-25-18(16)12-4-5-12/h6-9,11-12,21H,3-5,10H2,1-2H3. The van der Waals surface area contributed by atoms with Crippen molar-refractivity contribution in [3.05, 3.63) is 51.3 Å². The first kappa shape index (κ1) is 19.3. The van der Waals surface area contributed by atoms with Crippen LogP contribution in [0.1, 0.15) is 66.3 Å². The molecule has 0 aliphatic heterocycles. The number of benzene rings is 1. The van der Waals surface area contributed by atoms with Gasteiger partial charge in [-0.1, -0.05) is 28.0 Å². The van der Waals surface area contributed by atoms with Crippen molar-refractivity contribution in [1.29, 1.82) is 0 Å². The van der Waals surface area contributed by atoms with Gasteiger partial charge >= 0.3 is 0 Å². The van der Waals surface area contributed by atoms with Gasteiger partial charge in [0.2, 0.25) is 10.0 Å². The van der Waals surface area contributed by atoms with Crippen molar-refractivity contribution in [2.45, 2.75) is 50.8 Å². The van der Waals surface area contributed by atoms with E-state index in [1.165, 1.54) is 6.20 Å². The van der Waals surface area contributed by atoms with E-state index in [0.717, 1.165) is 17.3 Å². The fourth-order valence-electron chi connectivity index (χ4n) is 2.74. The fourth-order valence-corrected chi connectivity index (χ4v) is 4.66. The lowest BCUT2D eigenvalue weighted by atomic mass is 9.99. The molecule has 1 N–H and O–H groups in total. The maximum atomic E-state index is 13.0. The summed E-state index contributed by atoms with van der Waals surface area (Å²) in [5.41, 5.74) is 1.22. The minimum Gasteiger partial charge on any atom is -0.360 e. The molecule has 8 heteroatoms. The topological polar surface area (TPSA) is 89.3 Å². The van der Waals surface area contributed by atoms with Crippen molar-refractivity contribution in [1.82, 2.24) is 9.88 Å². The van der Waals surface area contributed by atoms with E-state index in [9.17, 15) is 13.2 Å². The Kier molecular flexibility index (Phi) is 5.64. The monoisotopic (exact) mass is 440 g/mol. The highest BCUT2D eigenvalue weighted by atomic mass is 79.9. The SMILES string of the molecule is CCC(C)NS(=O)(=O)Cc1cc(Br)ccc1C(=O)c1cnoc1C1CC1. The largest absolute Gasteiger partial charge is 0.360 e. The molecule has 1 fully saturated rings. The van der Waals surface area contributed by atoms with Crippen molar-refractivity contribution < 1.29 is 17.7 Å². The molecule has 0 saturated heterocycles. The van der Waals surface area contributed by atoms with Gasteiger partial charge in [0.05, 0.1) is 17.5 Å². The number of carbonyl (C=O) groups is 1. The molecule has 6 nitrogen and oxygen atoms in total. The summed E-state index contributed by atoms with van der Waals surface area (Å²) >= 11 is 3.36. The van der Waals surface area contributed by atoms with Crippen LogP contribution in [0.5, 0.6) is 0 Å². The van der Waals surface area contributed by atoms with Crippen LogP contribution in [0, 0.1) is 0 Å². The van der Waals surface area contributed by atoms with Crippen LogP contribution < -0.4 is 4.72 Å². The smallest absolute Gasteiger partial charge is 0.216 e. The van der Waals surface area contributed by atoms with Crippen LogP contribution in [0.3, 0.4) is 0 Å². The molecular formula is C18H21BrN2O4S. The third-order valence-corrected chi connectivity index (χ3v) is 6.39. The molecule has 1 unspecified atom stereocenters. The average molecular weight is 441 g/mol. The number of carbonyl (C=O) groups excluding carboxylic acids is 1. The third-order valence-electron chi connectivity index (χ3n) is 4.44. The molecule has 2 aromatic rings. The summed E-state index contributed by atoms with van der Waals surface area (Å²) in [5, 5.41) is 3.77. The Labute approximate surface area is 161 Å². The molecule has 1 aromatic heterocycles. The highest BCUT2D eigenvalue weighted by molar-refractivity contribution is 9.10. The predicted molar refractivity (Wildman–Crippen MR) is 102 cm³/mol. The van der Waals surface area contributed by atoms with E-state index >= 15 is 0 Å². The van der Waals surface area contributed by atoms with Gasteiger partial charge in [-0.05, 0) is 49.9 Å². The van der Waals surface area contributed by atoms with Crippen LogP contribution in [0.4, 0.5) is 0 Å². The van der Waals surface area contributed by atoms with Gasteiger partial charge in [-0.3, -0.25) is 4.79 Å². The van der Waals surface area contributed by atoms with Crippen LogP contribution in [-0.4, -0.2) is 25.4 Å². The number of halogens is 1. The normalized spacial score (nSPS) is 15.8. The quantitative estimate of drug-likeness (QED) is 0.630. The Hall–Kier alpha value is -1.51. The second-order valence-corrected chi connectivity index (χ2v) is 9.36. The first-order valence-corrected chi connectivity index (χ1v) is 11.0. The van der Waals surface area contributed by atoms with Gasteiger partial charge in [-0.2, -0.15) is 0 Å². The summed E-state index contributed by atoms with van der Waals surface area (Å²) in [6, 6.07) is 4.89. The maximum Gasteiger partial charge on any atom is 0.216 e. The van der Waals surface area contributed by atoms with E-state index < -0.39 is 10.0 Å². The van der Waals surface area contributed by atoms with Crippen LogP contribution >= 0.6 is 15.9 Å². The molecule has 1 aromatic carbocycles. The molecule has 0 amide bonds. The van der Waals surface area contributed by atoms with Crippen molar-refractivity contribution in [3.8, 4) is 0 Å². The molecule has 1 aliphatic carbocycles. The van der Waals surface area contributed by atoms with Crippen molar-refractivity contribution in [2.75, 3.05) is 0 Å². The molecule has 1 aliphatic rings. The zero-order valence-corrected chi connectivity index (χ0v) is 17.1. The van der Waals surface area contributed by atoms with Crippen LogP contribution in [0.2, 0.25) is 0 Å². The summed E-state index contributed by atoms with van der Waals surface area (Å²) in [7, 11) is -3.56. The van der Waals surface area contributed by atoms with E-state index in [-0.39, 0.29) is 23.5 Å². The minimum atomic E-state index is -3.56. The molecule has 0 spiro atoms. The number of nitrogens with one attached hydrogen (secondary N) is 1. The fraction of sp³-hybridized carbons (Fsp3) is 0.444. The zero-order valence-electron chi connectivity index (χ0n) is 14.7. The lowest BCUT2D eigenvalue weighted by Gasteiger charge is -2.14. The Bertz CT molecular complexity index is 919. The zero-order chi connectivity index (χ0) is 18.9. The molecule has 0 bridgehead atoms. The Balaban J connectivity index is 1.93. The Morgan fingerprint density at radius 3 is 2.77 bits per heavy atom. The molecule has 1 saturated carbocycles. The van der Waals surface area contributed by atoms with E-state index in [0.29, 0.717) is 28.9 Å². The first-order chi connectivity index (χ1) is 12.3. The van der Waals surface area contributed by atoms with Gasteiger partial charge in [0.25, 0.3) is 0 Å². The van der Waals surface area contributed by atoms with Crippen molar-refractivity contribution >= 4 is 31.7 Å². The number of hydrogen-bond acceptors (Lipinski definition) is 5. The van der Waals surface area contributed by atoms with Gasteiger partial charge in [-0.25, -0.2) is 13.1 Å². The van der Waals surface area contributed by atoms with Gasteiger partial charge in [0, 0.05) is 22.0 Å². The summed E-state index contributed by atoms with van der Waals surface area (Å²) in [4.78, 5) is 13.0. The summed E-state index contributed by atoms with van der Waals surface area (Å²) < 4.78 is 33.5. The number of ketones is 1. The van der Waals surface area contributed by atoms with E-state index in [1.54, 1.807) is 18.2 Å². The molecule has 1 heterocycles. The average Bonchev–Trinajstić information content (AvgIpc) is 3.30. The van der Waals surface area contributed by atoms with Gasteiger partial charge in [0.1, 0.15) is 0 Å². The van der Waals surface area contributed by atoms with Crippen molar-refractivity contribution in [3.63, 3.8) is 0 Å². The lowest BCUT2D eigenvalue weighted by Crippen LogP contribution is -2.33. The molecule has 140 valence electrons. The molecule has 26 heavy (non-hydrogen) atoms. The number of nitrogens with zero attached hydrogens (tertiary/aromatic N) is 1. The van der Waals surface area contributed by atoms with Crippen molar-refractivity contribution in [2.24, 2.45) is 0 Å².